The van der Waals surface area contributed by atoms with Gasteiger partial charge < -0.3 is 19.7 Å². The van der Waals surface area contributed by atoms with E-state index in [2.05, 4.69) is 5.32 Å². The highest BCUT2D eigenvalue weighted by Crippen LogP contribution is 2.35. The van der Waals surface area contributed by atoms with Gasteiger partial charge in [-0.1, -0.05) is 6.92 Å². The zero-order valence-electron chi connectivity index (χ0n) is 18.9. The standard InChI is InChI=1S/C21H37N3O5/c1-8-11-22-17(25)15-10-9-12-23(13-15)18(26)16-14(2)28-21(6,7)24(16)19(27)29-20(3,4)5/h14-16H,8-13H2,1-7H3,(H,22,25)/t14-,15-,16+/m1/s1. The van der Waals surface area contributed by atoms with Gasteiger partial charge in [0.05, 0.1) is 12.0 Å². The van der Waals surface area contributed by atoms with Gasteiger partial charge in [0.25, 0.3) is 0 Å². The van der Waals surface area contributed by atoms with E-state index in [1.54, 1.807) is 46.4 Å². The second-order valence-electron chi connectivity index (χ2n) is 9.48. The zero-order valence-corrected chi connectivity index (χ0v) is 18.9. The molecule has 2 heterocycles. The molecule has 0 aliphatic carbocycles. The molecule has 2 fully saturated rings. The number of likely N-dealkylation sites (tertiary alicyclic amines) is 1. The molecule has 0 aromatic carbocycles. The summed E-state index contributed by atoms with van der Waals surface area (Å²) in [5, 5.41) is 2.92. The molecule has 3 amide bonds. The summed E-state index contributed by atoms with van der Waals surface area (Å²) >= 11 is 0. The van der Waals surface area contributed by atoms with E-state index in [1.165, 1.54) is 4.90 Å². The van der Waals surface area contributed by atoms with Crippen LogP contribution in [0.15, 0.2) is 0 Å². The molecule has 0 radical (unpaired) electrons. The molecule has 29 heavy (non-hydrogen) atoms. The molecule has 3 atom stereocenters. The first kappa shape index (κ1) is 23.4. The van der Waals surface area contributed by atoms with E-state index in [-0.39, 0.29) is 17.7 Å². The van der Waals surface area contributed by atoms with Crippen molar-refractivity contribution in [2.24, 2.45) is 5.92 Å². The number of ether oxygens (including phenoxy) is 2. The molecule has 2 saturated heterocycles. The van der Waals surface area contributed by atoms with Gasteiger partial charge in [0.2, 0.25) is 11.8 Å². The number of piperidine rings is 1. The van der Waals surface area contributed by atoms with Crippen LogP contribution in [0.5, 0.6) is 0 Å². The first-order valence-electron chi connectivity index (χ1n) is 10.6. The summed E-state index contributed by atoms with van der Waals surface area (Å²) < 4.78 is 11.5. The lowest BCUT2D eigenvalue weighted by Crippen LogP contribution is -2.58. The van der Waals surface area contributed by atoms with Crippen LogP contribution in [0.4, 0.5) is 4.79 Å². The summed E-state index contributed by atoms with van der Waals surface area (Å²) in [6.07, 6.45) is 1.35. The number of nitrogens with zero attached hydrogens (tertiary/aromatic N) is 2. The van der Waals surface area contributed by atoms with Crippen LogP contribution in [0, 0.1) is 5.92 Å². The molecule has 0 unspecified atom stereocenters. The van der Waals surface area contributed by atoms with Crippen LogP contribution >= 0.6 is 0 Å². The molecular weight excluding hydrogens is 374 g/mol. The van der Waals surface area contributed by atoms with E-state index < -0.39 is 29.6 Å². The van der Waals surface area contributed by atoms with Crippen LogP contribution in [0.2, 0.25) is 0 Å². The second-order valence-corrected chi connectivity index (χ2v) is 9.48. The Morgan fingerprint density at radius 2 is 1.90 bits per heavy atom. The van der Waals surface area contributed by atoms with Gasteiger partial charge in [-0.2, -0.15) is 0 Å². The topological polar surface area (TPSA) is 88.2 Å². The normalized spacial score (nSPS) is 26.9. The minimum absolute atomic E-state index is 0.00982. The van der Waals surface area contributed by atoms with Gasteiger partial charge in [0.1, 0.15) is 17.4 Å². The Bertz CT molecular complexity index is 628. The van der Waals surface area contributed by atoms with Crippen molar-refractivity contribution in [2.75, 3.05) is 19.6 Å². The predicted octanol–water partition coefficient (Wildman–Crippen LogP) is 2.51. The lowest BCUT2D eigenvalue weighted by Gasteiger charge is -2.38. The molecule has 2 aliphatic rings. The summed E-state index contributed by atoms with van der Waals surface area (Å²) in [6, 6.07) is -0.780. The fourth-order valence-electron chi connectivity index (χ4n) is 4.05. The highest BCUT2D eigenvalue weighted by Gasteiger charge is 2.54. The highest BCUT2D eigenvalue weighted by molar-refractivity contribution is 5.88. The third-order valence-corrected chi connectivity index (χ3v) is 5.27. The van der Waals surface area contributed by atoms with Crippen LogP contribution in [0.1, 0.15) is 67.7 Å². The van der Waals surface area contributed by atoms with Crippen molar-refractivity contribution in [3.63, 3.8) is 0 Å². The summed E-state index contributed by atoms with van der Waals surface area (Å²) in [5.74, 6) is -0.425. The molecular formula is C21H37N3O5. The van der Waals surface area contributed by atoms with Crippen LogP contribution in [0.25, 0.3) is 0 Å². The maximum absolute atomic E-state index is 13.4. The van der Waals surface area contributed by atoms with E-state index in [0.29, 0.717) is 19.6 Å². The monoisotopic (exact) mass is 411 g/mol. The predicted molar refractivity (Wildman–Crippen MR) is 109 cm³/mol. The molecule has 8 nitrogen and oxygen atoms in total. The number of rotatable bonds is 4. The molecule has 0 saturated carbocycles. The molecule has 8 heteroatoms. The Balaban J connectivity index is 2.17. The number of hydrogen-bond donors (Lipinski definition) is 1. The van der Waals surface area contributed by atoms with Crippen molar-refractivity contribution in [3.05, 3.63) is 0 Å². The van der Waals surface area contributed by atoms with Crippen molar-refractivity contribution in [2.45, 2.75) is 91.2 Å². The van der Waals surface area contributed by atoms with E-state index in [1.807, 2.05) is 6.92 Å². The zero-order chi connectivity index (χ0) is 22.0. The Hall–Kier alpha value is -1.83. The molecule has 1 N–H and O–H groups in total. The van der Waals surface area contributed by atoms with E-state index in [0.717, 1.165) is 19.3 Å². The molecule has 2 aliphatic heterocycles. The average molecular weight is 412 g/mol. The number of nitrogens with one attached hydrogen (secondary N) is 1. The van der Waals surface area contributed by atoms with E-state index >= 15 is 0 Å². The summed E-state index contributed by atoms with van der Waals surface area (Å²) in [4.78, 5) is 41.8. The second kappa shape index (κ2) is 8.90. The third-order valence-electron chi connectivity index (χ3n) is 5.27. The first-order valence-corrected chi connectivity index (χ1v) is 10.6. The SMILES string of the molecule is CCCNC(=O)[C@@H]1CCCN(C(=O)[C@@H]2[C@@H](C)OC(C)(C)N2C(=O)OC(C)(C)C)C1. The Morgan fingerprint density at radius 3 is 2.48 bits per heavy atom. The van der Waals surface area contributed by atoms with Crippen molar-refractivity contribution < 1.29 is 23.9 Å². The lowest BCUT2D eigenvalue weighted by atomic mass is 9.96. The summed E-state index contributed by atoms with van der Waals surface area (Å²) in [5.41, 5.74) is -1.64. The molecule has 166 valence electrons. The summed E-state index contributed by atoms with van der Waals surface area (Å²) in [7, 11) is 0. The Kier molecular flexibility index (Phi) is 7.19. The summed E-state index contributed by atoms with van der Waals surface area (Å²) in [6.45, 7) is 14.3. The highest BCUT2D eigenvalue weighted by atomic mass is 16.6. The molecule has 0 spiro atoms. The minimum Gasteiger partial charge on any atom is -0.444 e. The van der Waals surface area contributed by atoms with Crippen molar-refractivity contribution >= 4 is 17.9 Å². The van der Waals surface area contributed by atoms with Crippen LogP contribution in [0.3, 0.4) is 0 Å². The van der Waals surface area contributed by atoms with Crippen LogP contribution in [-0.4, -0.2) is 70.8 Å². The van der Waals surface area contributed by atoms with Crippen molar-refractivity contribution in [3.8, 4) is 0 Å². The average Bonchev–Trinajstić information content (AvgIpc) is 2.86. The van der Waals surface area contributed by atoms with Crippen molar-refractivity contribution in [1.82, 2.24) is 15.1 Å². The number of carbonyl (C=O) groups excluding carboxylic acids is 3. The molecule has 0 aromatic rings. The van der Waals surface area contributed by atoms with Gasteiger partial charge in [-0.3, -0.25) is 14.5 Å². The van der Waals surface area contributed by atoms with Crippen molar-refractivity contribution in [1.29, 1.82) is 0 Å². The first-order chi connectivity index (χ1) is 13.4. The smallest absolute Gasteiger partial charge is 0.413 e. The third kappa shape index (κ3) is 5.62. The van der Waals surface area contributed by atoms with Gasteiger partial charge in [0, 0.05) is 19.6 Å². The van der Waals surface area contributed by atoms with Gasteiger partial charge >= 0.3 is 6.09 Å². The fourth-order valence-corrected chi connectivity index (χ4v) is 4.05. The fraction of sp³-hybridized carbons (Fsp3) is 0.857. The Labute approximate surface area is 174 Å². The van der Waals surface area contributed by atoms with E-state index in [9.17, 15) is 14.4 Å². The maximum Gasteiger partial charge on any atom is 0.413 e. The molecule has 0 aromatic heterocycles. The molecule has 2 rings (SSSR count). The largest absolute Gasteiger partial charge is 0.444 e. The van der Waals surface area contributed by atoms with Crippen LogP contribution in [-0.2, 0) is 19.1 Å². The van der Waals surface area contributed by atoms with Gasteiger partial charge in [-0.25, -0.2) is 4.79 Å². The number of amides is 3. The quantitative estimate of drug-likeness (QED) is 0.768. The van der Waals surface area contributed by atoms with E-state index in [4.69, 9.17) is 9.47 Å². The lowest BCUT2D eigenvalue weighted by molar-refractivity contribution is -0.141. The number of carbonyl (C=O) groups is 3. The Morgan fingerprint density at radius 1 is 1.24 bits per heavy atom. The van der Waals surface area contributed by atoms with Gasteiger partial charge in [0.15, 0.2) is 0 Å². The number of hydrogen-bond acceptors (Lipinski definition) is 5. The maximum atomic E-state index is 13.4. The van der Waals surface area contributed by atoms with Gasteiger partial charge in [-0.15, -0.1) is 0 Å². The van der Waals surface area contributed by atoms with Gasteiger partial charge in [-0.05, 0) is 60.8 Å². The van der Waals surface area contributed by atoms with Crippen LogP contribution < -0.4 is 5.32 Å². The minimum atomic E-state index is -0.963. The molecule has 0 bridgehead atoms.